The SMILES string of the molecule is CCN(C)S(=O)(=O)NC(=O)c1cnn2ccc(N3CCC[C@@H]3c3cc(F)cc(OC4CCOC4)c3)c(F)c12. The second-order valence-corrected chi connectivity index (χ2v) is 11.2. The van der Waals surface area contributed by atoms with Gasteiger partial charge in [0.05, 0.1) is 36.7 Å². The fourth-order valence-electron chi connectivity index (χ4n) is 4.88. The molecule has 1 N–H and O–H groups in total. The number of fused-ring (bicyclic) bond motifs is 1. The van der Waals surface area contributed by atoms with Crippen molar-refractivity contribution in [2.75, 3.05) is 38.3 Å². The van der Waals surface area contributed by atoms with Gasteiger partial charge in [0.25, 0.3) is 5.91 Å². The van der Waals surface area contributed by atoms with E-state index in [1.807, 2.05) is 9.62 Å². The molecular weight excluding hydrogens is 520 g/mol. The molecule has 1 unspecified atom stereocenters. The minimum absolute atomic E-state index is 0.142. The molecule has 0 bridgehead atoms. The normalized spacial score (nSPS) is 20.0. The number of hydrogen-bond donors (Lipinski definition) is 1. The fraction of sp³-hybridized carbons (Fsp3) is 0.440. The molecule has 2 fully saturated rings. The number of carbonyl (C=O) groups is 1. The van der Waals surface area contributed by atoms with Gasteiger partial charge in [-0.15, -0.1) is 0 Å². The van der Waals surface area contributed by atoms with Gasteiger partial charge in [0.1, 0.15) is 23.2 Å². The van der Waals surface area contributed by atoms with Crippen LogP contribution < -0.4 is 14.4 Å². The lowest BCUT2D eigenvalue weighted by atomic mass is 10.0. The first-order chi connectivity index (χ1) is 18.2. The summed E-state index contributed by atoms with van der Waals surface area (Å²) in [5.41, 5.74) is 0.493. The molecule has 2 aromatic heterocycles. The number of carbonyl (C=O) groups excluding carboxylic acids is 1. The van der Waals surface area contributed by atoms with E-state index in [0.29, 0.717) is 37.5 Å². The van der Waals surface area contributed by atoms with Crippen molar-refractivity contribution >= 4 is 27.3 Å². The van der Waals surface area contributed by atoms with E-state index >= 15 is 4.39 Å². The van der Waals surface area contributed by atoms with Crippen LogP contribution in [0.5, 0.6) is 5.75 Å². The van der Waals surface area contributed by atoms with E-state index in [-0.39, 0.29) is 35.5 Å². The summed E-state index contributed by atoms with van der Waals surface area (Å²) < 4.78 is 70.6. The highest BCUT2D eigenvalue weighted by Gasteiger charge is 2.32. The first-order valence-corrected chi connectivity index (χ1v) is 13.9. The highest BCUT2D eigenvalue weighted by atomic mass is 32.2. The maximum Gasteiger partial charge on any atom is 0.303 e. The van der Waals surface area contributed by atoms with Crippen molar-refractivity contribution in [2.45, 2.75) is 38.3 Å². The molecule has 204 valence electrons. The van der Waals surface area contributed by atoms with Gasteiger partial charge in [0, 0.05) is 38.8 Å². The third-order valence-electron chi connectivity index (χ3n) is 6.96. The Balaban J connectivity index is 1.46. The fourth-order valence-corrected chi connectivity index (χ4v) is 5.72. The molecule has 2 saturated heterocycles. The minimum Gasteiger partial charge on any atom is -0.488 e. The Kier molecular flexibility index (Phi) is 7.25. The zero-order valence-electron chi connectivity index (χ0n) is 21.1. The van der Waals surface area contributed by atoms with Crippen molar-refractivity contribution in [2.24, 2.45) is 0 Å². The van der Waals surface area contributed by atoms with Gasteiger partial charge in [0.2, 0.25) is 0 Å². The molecule has 1 amide bonds. The molecule has 2 aliphatic heterocycles. The van der Waals surface area contributed by atoms with Crippen molar-refractivity contribution < 1.29 is 31.5 Å². The molecule has 10 nitrogen and oxygen atoms in total. The summed E-state index contributed by atoms with van der Waals surface area (Å²) in [5.74, 6) is -1.77. The van der Waals surface area contributed by atoms with Crippen LogP contribution in [0.4, 0.5) is 14.5 Å². The van der Waals surface area contributed by atoms with Crippen molar-refractivity contribution in [1.29, 1.82) is 0 Å². The molecular formula is C25H29F2N5O5S. The Labute approximate surface area is 219 Å². The lowest BCUT2D eigenvalue weighted by molar-refractivity contribution is 0.0980. The number of nitrogens with zero attached hydrogens (tertiary/aromatic N) is 4. The third kappa shape index (κ3) is 5.05. The van der Waals surface area contributed by atoms with Gasteiger partial charge in [0.15, 0.2) is 5.82 Å². The maximum atomic E-state index is 16.0. The quantitative estimate of drug-likeness (QED) is 0.461. The van der Waals surface area contributed by atoms with E-state index in [0.717, 1.165) is 23.3 Å². The van der Waals surface area contributed by atoms with Gasteiger partial charge in [-0.3, -0.25) is 4.79 Å². The van der Waals surface area contributed by atoms with Gasteiger partial charge < -0.3 is 14.4 Å². The van der Waals surface area contributed by atoms with E-state index in [1.165, 1.54) is 29.9 Å². The molecule has 5 rings (SSSR count). The van der Waals surface area contributed by atoms with Crippen LogP contribution in [0.2, 0.25) is 0 Å². The Morgan fingerprint density at radius 1 is 1.29 bits per heavy atom. The molecule has 4 heterocycles. The van der Waals surface area contributed by atoms with Crippen molar-refractivity contribution in [3.05, 3.63) is 59.4 Å². The highest BCUT2D eigenvalue weighted by Crippen LogP contribution is 2.40. The Morgan fingerprint density at radius 3 is 2.84 bits per heavy atom. The number of benzene rings is 1. The van der Waals surface area contributed by atoms with Gasteiger partial charge in [-0.2, -0.15) is 17.8 Å². The number of anilines is 1. The molecule has 0 saturated carbocycles. The molecule has 0 radical (unpaired) electrons. The summed E-state index contributed by atoms with van der Waals surface area (Å²) in [6.45, 7) is 3.32. The zero-order valence-corrected chi connectivity index (χ0v) is 21.9. The van der Waals surface area contributed by atoms with Crippen LogP contribution >= 0.6 is 0 Å². The first kappa shape index (κ1) is 26.3. The summed E-state index contributed by atoms with van der Waals surface area (Å²) in [5, 5.41) is 4.03. The summed E-state index contributed by atoms with van der Waals surface area (Å²) in [6, 6.07) is 5.74. The van der Waals surface area contributed by atoms with Gasteiger partial charge in [-0.25, -0.2) is 18.0 Å². The first-order valence-electron chi connectivity index (χ1n) is 12.4. The van der Waals surface area contributed by atoms with E-state index < -0.39 is 27.8 Å². The van der Waals surface area contributed by atoms with Crippen LogP contribution in [0.1, 0.15) is 48.1 Å². The van der Waals surface area contributed by atoms with Gasteiger partial charge in [-0.1, -0.05) is 6.92 Å². The van der Waals surface area contributed by atoms with Crippen LogP contribution in [0, 0.1) is 11.6 Å². The van der Waals surface area contributed by atoms with Crippen LogP contribution in [-0.2, 0) is 14.9 Å². The third-order valence-corrected chi connectivity index (χ3v) is 8.48. The number of hydrogen-bond acceptors (Lipinski definition) is 7. The largest absolute Gasteiger partial charge is 0.488 e. The van der Waals surface area contributed by atoms with Crippen LogP contribution in [0.15, 0.2) is 36.7 Å². The van der Waals surface area contributed by atoms with Crippen LogP contribution in [0.3, 0.4) is 0 Å². The van der Waals surface area contributed by atoms with E-state index in [1.54, 1.807) is 19.1 Å². The molecule has 38 heavy (non-hydrogen) atoms. The molecule has 13 heteroatoms. The average Bonchev–Trinajstić information content (AvgIpc) is 3.64. The highest BCUT2D eigenvalue weighted by molar-refractivity contribution is 7.87. The van der Waals surface area contributed by atoms with Gasteiger partial charge >= 0.3 is 10.2 Å². The number of aromatic nitrogens is 2. The summed E-state index contributed by atoms with van der Waals surface area (Å²) in [7, 11) is -2.77. The number of amides is 1. The Bertz CT molecular complexity index is 1460. The topological polar surface area (TPSA) is 105 Å². The van der Waals surface area contributed by atoms with Crippen LogP contribution in [0.25, 0.3) is 5.52 Å². The number of rotatable bonds is 8. The lowest BCUT2D eigenvalue weighted by Gasteiger charge is -2.28. The van der Waals surface area contributed by atoms with Crippen LogP contribution in [-0.4, -0.2) is 67.7 Å². The number of halogens is 2. The van der Waals surface area contributed by atoms with E-state index in [4.69, 9.17) is 9.47 Å². The maximum absolute atomic E-state index is 16.0. The van der Waals surface area contributed by atoms with Gasteiger partial charge in [-0.05, 0) is 36.6 Å². The molecule has 3 aromatic rings. The molecule has 2 atom stereocenters. The summed E-state index contributed by atoms with van der Waals surface area (Å²) >= 11 is 0. The molecule has 2 aliphatic rings. The minimum atomic E-state index is -4.10. The number of pyridine rings is 1. The molecule has 0 spiro atoms. The van der Waals surface area contributed by atoms with Crippen molar-refractivity contribution in [3.8, 4) is 5.75 Å². The van der Waals surface area contributed by atoms with E-state index in [9.17, 15) is 17.6 Å². The molecule has 0 aliphatic carbocycles. The average molecular weight is 550 g/mol. The van der Waals surface area contributed by atoms with E-state index in [2.05, 4.69) is 5.10 Å². The second-order valence-electron chi connectivity index (χ2n) is 9.39. The number of nitrogens with one attached hydrogen (secondary N) is 1. The van der Waals surface area contributed by atoms with Crippen molar-refractivity contribution in [1.82, 2.24) is 18.6 Å². The predicted octanol–water partition coefficient (Wildman–Crippen LogP) is 3.05. The predicted molar refractivity (Wildman–Crippen MR) is 135 cm³/mol. The second kappa shape index (κ2) is 10.5. The monoisotopic (exact) mass is 549 g/mol. The summed E-state index contributed by atoms with van der Waals surface area (Å²) in [4.78, 5) is 14.7. The Morgan fingerprint density at radius 2 is 2.11 bits per heavy atom. The standard InChI is InChI=1S/C25H29F2N5O5S/c1-3-30(2)38(34,35)29-25(33)20-14-28-32-9-6-22(23(27)24(20)32)31-8-4-5-21(31)16-11-17(26)13-19(12-16)37-18-7-10-36-15-18/h6,9,11-14,18,21H,3-5,7-8,10,15H2,1-2H3,(H,29,33)/t18?,21-/m1/s1. The smallest absolute Gasteiger partial charge is 0.303 e. The van der Waals surface area contributed by atoms with Crippen molar-refractivity contribution in [3.63, 3.8) is 0 Å². The Hall–Kier alpha value is -3.29. The zero-order chi connectivity index (χ0) is 27.0. The summed E-state index contributed by atoms with van der Waals surface area (Å²) in [6.07, 6.45) is 4.62. The lowest BCUT2D eigenvalue weighted by Crippen LogP contribution is -2.41. The number of ether oxygens (including phenoxy) is 2. The molecule has 1 aromatic carbocycles.